The van der Waals surface area contributed by atoms with Crippen LogP contribution in [0.25, 0.3) is 0 Å². The first-order valence-electron chi connectivity index (χ1n) is 8.05. The third-order valence-electron chi connectivity index (χ3n) is 6.58. The molecule has 4 rings (SSSR count). The van der Waals surface area contributed by atoms with Crippen molar-refractivity contribution in [2.24, 2.45) is 29.1 Å². The summed E-state index contributed by atoms with van der Waals surface area (Å²) in [5, 5.41) is 0. The Kier molecular flexibility index (Phi) is 2.61. The number of fused-ring (bicyclic) bond motifs is 5. The van der Waals surface area contributed by atoms with Gasteiger partial charge in [0, 0.05) is 18.3 Å². The van der Waals surface area contributed by atoms with Crippen LogP contribution in [0.4, 0.5) is 0 Å². The van der Waals surface area contributed by atoms with Gasteiger partial charge in [-0.3, -0.25) is 9.59 Å². The van der Waals surface area contributed by atoms with Crippen LogP contribution in [0.5, 0.6) is 0 Å². The van der Waals surface area contributed by atoms with Crippen molar-refractivity contribution in [3.05, 3.63) is 23.8 Å². The standard InChI is InChI=1S/C18H22O2/c1-18-9-8-14-13-5-3-12(19)10-11(13)2-4-15(14)16(18)6-7-17(18)20/h2,4,10,13-16H,3,5-9H2,1H3. The second-order valence-electron chi connectivity index (χ2n) is 7.38. The minimum atomic E-state index is -0.0583. The highest BCUT2D eigenvalue weighted by Gasteiger charge is 2.55. The average molecular weight is 270 g/mol. The molecule has 0 amide bonds. The summed E-state index contributed by atoms with van der Waals surface area (Å²) >= 11 is 0. The maximum Gasteiger partial charge on any atom is 0.155 e. The van der Waals surface area contributed by atoms with Crippen LogP contribution in [-0.2, 0) is 9.59 Å². The number of hydrogen-bond acceptors (Lipinski definition) is 2. The van der Waals surface area contributed by atoms with E-state index in [0.717, 1.165) is 32.1 Å². The maximum absolute atomic E-state index is 12.3. The maximum atomic E-state index is 12.3. The van der Waals surface area contributed by atoms with Gasteiger partial charge in [-0.25, -0.2) is 0 Å². The van der Waals surface area contributed by atoms with Gasteiger partial charge in [0.2, 0.25) is 0 Å². The van der Waals surface area contributed by atoms with Gasteiger partial charge in [0.25, 0.3) is 0 Å². The van der Waals surface area contributed by atoms with Gasteiger partial charge in [-0.05, 0) is 61.0 Å². The molecule has 0 spiro atoms. The molecule has 106 valence electrons. The lowest BCUT2D eigenvalue weighted by Gasteiger charge is -2.49. The van der Waals surface area contributed by atoms with Crippen molar-refractivity contribution < 1.29 is 9.59 Å². The van der Waals surface area contributed by atoms with E-state index in [-0.39, 0.29) is 11.2 Å². The fraction of sp³-hybridized carbons (Fsp3) is 0.667. The molecule has 0 N–H and O–H groups in total. The fourth-order valence-corrected chi connectivity index (χ4v) is 5.43. The highest BCUT2D eigenvalue weighted by Crippen LogP contribution is 2.58. The molecule has 2 nitrogen and oxygen atoms in total. The Hall–Kier alpha value is -1.18. The molecule has 0 heterocycles. The van der Waals surface area contributed by atoms with Crippen LogP contribution in [0.1, 0.15) is 45.4 Å². The van der Waals surface area contributed by atoms with E-state index in [1.165, 1.54) is 5.57 Å². The summed E-state index contributed by atoms with van der Waals surface area (Å²) in [6.07, 6.45) is 12.2. The van der Waals surface area contributed by atoms with Gasteiger partial charge in [0.1, 0.15) is 5.78 Å². The quantitative estimate of drug-likeness (QED) is 0.675. The molecule has 0 aromatic heterocycles. The van der Waals surface area contributed by atoms with E-state index in [0.29, 0.717) is 35.9 Å². The number of hydrogen-bond donors (Lipinski definition) is 0. The SMILES string of the molecule is CC12CCC3C4CCC(=O)C=C4C=CC3C1CCC2=O. The first kappa shape index (κ1) is 12.6. The zero-order valence-electron chi connectivity index (χ0n) is 12.1. The smallest absolute Gasteiger partial charge is 0.155 e. The number of Topliss-reactive ketones (excluding diaryl/α,β-unsaturated/α-hetero) is 1. The molecule has 2 heteroatoms. The lowest BCUT2D eigenvalue weighted by atomic mass is 9.54. The molecule has 5 atom stereocenters. The molecule has 0 aromatic rings. The molecule has 0 aliphatic heterocycles. The molecule has 4 aliphatic carbocycles. The van der Waals surface area contributed by atoms with E-state index in [9.17, 15) is 9.59 Å². The molecule has 0 bridgehead atoms. The first-order valence-corrected chi connectivity index (χ1v) is 8.05. The molecule has 0 aromatic carbocycles. The van der Waals surface area contributed by atoms with Crippen molar-refractivity contribution in [1.29, 1.82) is 0 Å². The second kappa shape index (κ2) is 4.16. The summed E-state index contributed by atoms with van der Waals surface area (Å²) < 4.78 is 0. The van der Waals surface area contributed by atoms with Gasteiger partial charge in [-0.15, -0.1) is 0 Å². The van der Waals surface area contributed by atoms with Gasteiger partial charge in [-0.1, -0.05) is 19.1 Å². The van der Waals surface area contributed by atoms with Crippen molar-refractivity contribution in [1.82, 2.24) is 0 Å². The van der Waals surface area contributed by atoms with Crippen LogP contribution in [-0.4, -0.2) is 11.6 Å². The molecule has 0 saturated heterocycles. The van der Waals surface area contributed by atoms with Gasteiger partial charge in [-0.2, -0.15) is 0 Å². The third-order valence-corrected chi connectivity index (χ3v) is 6.58. The lowest BCUT2D eigenvalue weighted by molar-refractivity contribution is -0.129. The van der Waals surface area contributed by atoms with E-state index >= 15 is 0 Å². The van der Waals surface area contributed by atoms with Crippen LogP contribution in [0.2, 0.25) is 0 Å². The average Bonchev–Trinajstić information content (AvgIpc) is 2.74. The van der Waals surface area contributed by atoms with Crippen LogP contribution in [0.15, 0.2) is 23.8 Å². The van der Waals surface area contributed by atoms with Crippen molar-refractivity contribution in [3.8, 4) is 0 Å². The summed E-state index contributed by atoms with van der Waals surface area (Å²) in [6, 6.07) is 0. The minimum Gasteiger partial charge on any atom is -0.299 e. The molecule has 2 fully saturated rings. The van der Waals surface area contributed by atoms with E-state index in [2.05, 4.69) is 19.1 Å². The first-order chi connectivity index (χ1) is 9.59. The zero-order valence-corrected chi connectivity index (χ0v) is 12.1. The van der Waals surface area contributed by atoms with Crippen LogP contribution >= 0.6 is 0 Å². The monoisotopic (exact) mass is 270 g/mol. The third kappa shape index (κ3) is 1.57. The Bertz CT molecular complexity index is 542. The number of carbonyl (C=O) groups excluding carboxylic acids is 2. The molecule has 4 aliphatic rings. The number of allylic oxidation sites excluding steroid dienone is 4. The molecular formula is C18H22O2. The van der Waals surface area contributed by atoms with Crippen LogP contribution in [0, 0.1) is 29.1 Å². The number of ketones is 2. The fourth-order valence-electron chi connectivity index (χ4n) is 5.43. The van der Waals surface area contributed by atoms with Crippen molar-refractivity contribution in [2.45, 2.75) is 45.4 Å². The normalized spacial score (nSPS) is 46.5. The number of carbonyl (C=O) groups is 2. The van der Waals surface area contributed by atoms with Crippen molar-refractivity contribution in [2.75, 3.05) is 0 Å². The highest BCUT2D eigenvalue weighted by atomic mass is 16.1. The van der Waals surface area contributed by atoms with Crippen molar-refractivity contribution in [3.63, 3.8) is 0 Å². The van der Waals surface area contributed by atoms with Gasteiger partial charge in [0.05, 0.1) is 0 Å². The predicted molar refractivity (Wildman–Crippen MR) is 77.0 cm³/mol. The van der Waals surface area contributed by atoms with Gasteiger partial charge in [0.15, 0.2) is 5.78 Å². The molecule has 5 unspecified atom stereocenters. The lowest BCUT2D eigenvalue weighted by Crippen LogP contribution is -2.45. The highest BCUT2D eigenvalue weighted by molar-refractivity contribution is 5.92. The number of rotatable bonds is 0. The van der Waals surface area contributed by atoms with E-state index in [1.54, 1.807) is 0 Å². The molecule has 0 radical (unpaired) electrons. The molecule has 2 saturated carbocycles. The topological polar surface area (TPSA) is 34.1 Å². The largest absolute Gasteiger partial charge is 0.299 e. The summed E-state index contributed by atoms with van der Waals surface area (Å²) in [5.41, 5.74) is 1.20. The summed E-state index contributed by atoms with van der Waals surface area (Å²) in [7, 11) is 0. The minimum absolute atomic E-state index is 0.0583. The Morgan fingerprint density at radius 1 is 1.15 bits per heavy atom. The zero-order chi connectivity index (χ0) is 13.9. The van der Waals surface area contributed by atoms with Crippen molar-refractivity contribution >= 4 is 11.6 Å². The van der Waals surface area contributed by atoms with Gasteiger partial charge >= 0.3 is 0 Å². The molecular weight excluding hydrogens is 248 g/mol. The Morgan fingerprint density at radius 3 is 2.85 bits per heavy atom. The van der Waals surface area contributed by atoms with E-state index < -0.39 is 0 Å². The Morgan fingerprint density at radius 2 is 2.00 bits per heavy atom. The second-order valence-corrected chi connectivity index (χ2v) is 7.38. The molecule has 20 heavy (non-hydrogen) atoms. The summed E-state index contributed by atoms with van der Waals surface area (Å²) in [6.45, 7) is 2.20. The van der Waals surface area contributed by atoms with Crippen LogP contribution in [0.3, 0.4) is 0 Å². The summed E-state index contributed by atoms with van der Waals surface area (Å²) in [4.78, 5) is 23.9. The Balaban J connectivity index is 1.71. The van der Waals surface area contributed by atoms with E-state index in [4.69, 9.17) is 0 Å². The van der Waals surface area contributed by atoms with E-state index in [1.807, 2.05) is 6.08 Å². The Labute approximate surface area is 120 Å². The summed E-state index contributed by atoms with van der Waals surface area (Å²) in [5.74, 6) is 3.14. The van der Waals surface area contributed by atoms with Gasteiger partial charge < -0.3 is 0 Å². The van der Waals surface area contributed by atoms with Crippen LogP contribution < -0.4 is 0 Å². The predicted octanol–water partition coefficient (Wildman–Crippen LogP) is 3.47.